The average molecular weight is 190 g/mol. The topological polar surface area (TPSA) is 37.3 Å². The van der Waals surface area contributed by atoms with Crippen LogP contribution in [0.25, 0.3) is 0 Å². The molecule has 1 aromatic rings. The van der Waals surface area contributed by atoms with Crippen LogP contribution in [0.3, 0.4) is 0 Å². The first-order valence-corrected chi connectivity index (χ1v) is 5.06. The maximum Gasteiger partial charge on any atom is 0.136 e. The van der Waals surface area contributed by atoms with E-state index in [9.17, 15) is 4.79 Å². The Hall–Kier alpha value is -1.31. The van der Waals surface area contributed by atoms with Crippen LogP contribution in [0, 0.1) is 5.92 Å². The minimum atomic E-state index is 0.222. The predicted octanol–water partition coefficient (Wildman–Crippen LogP) is 2.30. The Balaban J connectivity index is 2.03. The number of ketones is 1. The van der Waals surface area contributed by atoms with Crippen molar-refractivity contribution in [3.63, 3.8) is 0 Å². The lowest BCUT2D eigenvalue weighted by Gasteiger charge is -2.07. The van der Waals surface area contributed by atoms with Crippen LogP contribution in [-0.2, 0) is 11.2 Å². The molecule has 1 aromatic carbocycles. The lowest BCUT2D eigenvalue weighted by Crippen LogP contribution is -2.09. The van der Waals surface area contributed by atoms with Crippen molar-refractivity contribution in [1.82, 2.24) is 0 Å². The Morgan fingerprint density at radius 1 is 1.29 bits per heavy atom. The van der Waals surface area contributed by atoms with Gasteiger partial charge in [-0.2, -0.15) is 0 Å². The summed E-state index contributed by atoms with van der Waals surface area (Å²) < 4.78 is 0. The van der Waals surface area contributed by atoms with Gasteiger partial charge in [0.2, 0.25) is 0 Å². The lowest BCUT2D eigenvalue weighted by atomic mass is 9.97. The van der Waals surface area contributed by atoms with Gasteiger partial charge < -0.3 is 5.11 Å². The SMILES string of the molecule is O=C1CCCC1Cc1ccc(O)cc1. The summed E-state index contributed by atoms with van der Waals surface area (Å²) in [5.74, 6) is 0.907. The van der Waals surface area contributed by atoms with Crippen LogP contribution in [0.15, 0.2) is 24.3 Å². The molecular weight excluding hydrogens is 176 g/mol. The number of rotatable bonds is 2. The molecule has 0 bridgehead atoms. The molecule has 2 nitrogen and oxygen atoms in total. The van der Waals surface area contributed by atoms with E-state index in [1.807, 2.05) is 12.1 Å². The fourth-order valence-corrected chi connectivity index (χ4v) is 2.02. The van der Waals surface area contributed by atoms with E-state index in [2.05, 4.69) is 0 Å². The molecule has 1 aliphatic rings. The first-order valence-electron chi connectivity index (χ1n) is 5.06. The van der Waals surface area contributed by atoms with E-state index in [0.717, 1.165) is 31.2 Å². The molecule has 1 fully saturated rings. The molecule has 0 aliphatic heterocycles. The Labute approximate surface area is 83.6 Å². The molecule has 0 heterocycles. The van der Waals surface area contributed by atoms with E-state index in [1.54, 1.807) is 12.1 Å². The quantitative estimate of drug-likeness (QED) is 0.777. The molecule has 0 spiro atoms. The second kappa shape index (κ2) is 3.82. The van der Waals surface area contributed by atoms with Gasteiger partial charge in [0, 0.05) is 12.3 Å². The fraction of sp³-hybridized carbons (Fsp3) is 0.417. The molecule has 0 saturated heterocycles. The number of hydrogen-bond donors (Lipinski definition) is 1. The van der Waals surface area contributed by atoms with Crippen molar-refractivity contribution in [3.05, 3.63) is 29.8 Å². The molecule has 1 N–H and O–H groups in total. The van der Waals surface area contributed by atoms with Crippen molar-refractivity contribution in [3.8, 4) is 5.75 Å². The van der Waals surface area contributed by atoms with Gasteiger partial charge in [0.1, 0.15) is 11.5 Å². The van der Waals surface area contributed by atoms with Crippen LogP contribution in [-0.4, -0.2) is 10.9 Å². The Bertz CT molecular complexity index is 327. The molecular formula is C12H14O2. The molecule has 1 aliphatic carbocycles. The molecule has 1 saturated carbocycles. The second-order valence-electron chi connectivity index (χ2n) is 3.93. The highest BCUT2D eigenvalue weighted by atomic mass is 16.3. The van der Waals surface area contributed by atoms with E-state index in [1.165, 1.54) is 0 Å². The minimum absolute atomic E-state index is 0.222. The summed E-state index contributed by atoms with van der Waals surface area (Å²) in [5, 5.41) is 9.10. The summed E-state index contributed by atoms with van der Waals surface area (Å²) in [6.07, 6.45) is 3.66. The van der Waals surface area contributed by atoms with Gasteiger partial charge in [-0.15, -0.1) is 0 Å². The van der Waals surface area contributed by atoms with E-state index in [0.29, 0.717) is 5.78 Å². The molecule has 2 heteroatoms. The Kier molecular flexibility index (Phi) is 2.53. The molecule has 1 atom stereocenters. The van der Waals surface area contributed by atoms with Gasteiger partial charge >= 0.3 is 0 Å². The highest BCUT2D eigenvalue weighted by Gasteiger charge is 2.24. The fourth-order valence-electron chi connectivity index (χ4n) is 2.02. The standard InChI is InChI=1S/C12H14O2/c13-11-6-4-9(5-7-11)8-10-2-1-3-12(10)14/h4-7,10,13H,1-3,8H2. The second-order valence-corrected chi connectivity index (χ2v) is 3.93. The Morgan fingerprint density at radius 2 is 2.00 bits per heavy atom. The van der Waals surface area contributed by atoms with Crippen molar-refractivity contribution in [1.29, 1.82) is 0 Å². The molecule has 1 unspecified atom stereocenters. The maximum atomic E-state index is 11.4. The summed E-state index contributed by atoms with van der Waals surface area (Å²) in [5.41, 5.74) is 1.14. The number of Topliss-reactive ketones (excluding diaryl/α,β-unsaturated/α-hetero) is 1. The number of carbonyl (C=O) groups excluding carboxylic acids is 1. The molecule has 14 heavy (non-hydrogen) atoms. The first kappa shape index (κ1) is 9.25. The highest BCUT2D eigenvalue weighted by Crippen LogP contribution is 2.25. The van der Waals surface area contributed by atoms with Gasteiger partial charge in [0.05, 0.1) is 0 Å². The normalized spacial score (nSPS) is 21.4. The number of phenolic OH excluding ortho intramolecular Hbond substituents is 1. The number of aromatic hydroxyl groups is 1. The van der Waals surface area contributed by atoms with Crippen molar-refractivity contribution in [2.75, 3.05) is 0 Å². The van der Waals surface area contributed by atoms with Crippen LogP contribution in [0.2, 0.25) is 0 Å². The number of hydrogen-bond acceptors (Lipinski definition) is 2. The lowest BCUT2D eigenvalue weighted by molar-refractivity contribution is -0.120. The minimum Gasteiger partial charge on any atom is -0.508 e. The third-order valence-electron chi connectivity index (χ3n) is 2.85. The van der Waals surface area contributed by atoms with E-state index in [-0.39, 0.29) is 11.7 Å². The van der Waals surface area contributed by atoms with E-state index >= 15 is 0 Å². The van der Waals surface area contributed by atoms with E-state index < -0.39 is 0 Å². The Morgan fingerprint density at radius 3 is 2.57 bits per heavy atom. The van der Waals surface area contributed by atoms with Crippen LogP contribution in [0.4, 0.5) is 0 Å². The summed E-state index contributed by atoms with van der Waals surface area (Å²) in [7, 11) is 0. The number of benzene rings is 1. The van der Waals surface area contributed by atoms with Crippen LogP contribution < -0.4 is 0 Å². The van der Waals surface area contributed by atoms with Crippen molar-refractivity contribution in [2.24, 2.45) is 5.92 Å². The van der Waals surface area contributed by atoms with Gasteiger partial charge in [0.15, 0.2) is 0 Å². The third-order valence-corrected chi connectivity index (χ3v) is 2.85. The zero-order valence-electron chi connectivity index (χ0n) is 8.07. The summed E-state index contributed by atoms with van der Waals surface area (Å²) in [6, 6.07) is 7.13. The molecule has 0 aromatic heterocycles. The van der Waals surface area contributed by atoms with Crippen LogP contribution >= 0.6 is 0 Å². The van der Waals surface area contributed by atoms with Gasteiger partial charge in [0.25, 0.3) is 0 Å². The summed E-state index contributed by atoms with van der Waals surface area (Å²) in [4.78, 5) is 11.4. The smallest absolute Gasteiger partial charge is 0.136 e. The van der Waals surface area contributed by atoms with Gasteiger partial charge in [-0.25, -0.2) is 0 Å². The predicted molar refractivity (Wildman–Crippen MR) is 54.2 cm³/mol. The third kappa shape index (κ3) is 1.95. The molecule has 2 rings (SSSR count). The van der Waals surface area contributed by atoms with Crippen molar-refractivity contribution < 1.29 is 9.90 Å². The molecule has 0 radical (unpaired) electrons. The van der Waals surface area contributed by atoms with Gasteiger partial charge in [-0.3, -0.25) is 4.79 Å². The zero-order valence-corrected chi connectivity index (χ0v) is 8.07. The average Bonchev–Trinajstić information content (AvgIpc) is 2.56. The van der Waals surface area contributed by atoms with Gasteiger partial charge in [-0.1, -0.05) is 12.1 Å². The highest BCUT2D eigenvalue weighted by molar-refractivity contribution is 5.83. The zero-order chi connectivity index (χ0) is 9.97. The largest absolute Gasteiger partial charge is 0.508 e. The number of carbonyl (C=O) groups is 1. The number of phenols is 1. The molecule has 74 valence electrons. The maximum absolute atomic E-state index is 11.4. The summed E-state index contributed by atoms with van der Waals surface area (Å²) in [6.45, 7) is 0. The van der Waals surface area contributed by atoms with Crippen LogP contribution in [0.1, 0.15) is 24.8 Å². The summed E-state index contributed by atoms with van der Waals surface area (Å²) >= 11 is 0. The monoisotopic (exact) mass is 190 g/mol. The van der Waals surface area contributed by atoms with Crippen molar-refractivity contribution in [2.45, 2.75) is 25.7 Å². The molecule has 0 amide bonds. The van der Waals surface area contributed by atoms with Gasteiger partial charge in [-0.05, 0) is 37.0 Å². The van der Waals surface area contributed by atoms with Crippen LogP contribution in [0.5, 0.6) is 5.75 Å². The first-order chi connectivity index (χ1) is 6.75. The van der Waals surface area contributed by atoms with E-state index in [4.69, 9.17) is 5.11 Å². The van der Waals surface area contributed by atoms with Crippen molar-refractivity contribution >= 4 is 5.78 Å².